The number of benzene rings is 3. The number of carbonyl (C=O) groups is 2. The van der Waals surface area contributed by atoms with Crippen LogP contribution in [0.2, 0.25) is 0 Å². The lowest BCUT2D eigenvalue weighted by molar-refractivity contribution is -0.384. The van der Waals surface area contributed by atoms with Gasteiger partial charge in [-0.05, 0) is 47.5 Å². The summed E-state index contributed by atoms with van der Waals surface area (Å²) in [6, 6.07) is 26.4. The van der Waals surface area contributed by atoms with E-state index in [4.69, 9.17) is 4.42 Å². The molecule has 1 aromatic heterocycles. The Hall–Kier alpha value is -4.70. The van der Waals surface area contributed by atoms with Crippen LogP contribution in [-0.4, -0.2) is 33.6 Å². The number of carbonyl (C=O) groups excluding carboxylic acids is 2. The van der Waals surface area contributed by atoms with Crippen molar-refractivity contribution in [1.82, 2.24) is 10.3 Å². The second-order valence-electron chi connectivity index (χ2n) is 8.50. The lowest BCUT2D eigenvalue weighted by Gasteiger charge is -2.24. The van der Waals surface area contributed by atoms with Crippen molar-refractivity contribution in [3.05, 3.63) is 124 Å². The summed E-state index contributed by atoms with van der Waals surface area (Å²) >= 11 is 1.57. The van der Waals surface area contributed by atoms with E-state index in [9.17, 15) is 19.7 Å². The normalized spacial score (nSPS) is 15.2. The van der Waals surface area contributed by atoms with Crippen LogP contribution in [0, 0.1) is 10.1 Å². The highest BCUT2D eigenvalue weighted by Gasteiger charge is 2.32. The molecular formula is C28H22N4O5S. The molecule has 1 fully saturated rings. The summed E-state index contributed by atoms with van der Waals surface area (Å²) in [6.07, 6.45) is 1.38. The summed E-state index contributed by atoms with van der Waals surface area (Å²) in [5, 5.41) is 14.7. The molecule has 0 spiro atoms. The number of rotatable bonds is 8. The van der Waals surface area contributed by atoms with E-state index < -0.39 is 4.92 Å². The van der Waals surface area contributed by atoms with Gasteiger partial charge in [0.15, 0.2) is 0 Å². The lowest BCUT2D eigenvalue weighted by atomic mass is 10.1. The number of hydrazone groups is 1. The van der Waals surface area contributed by atoms with Gasteiger partial charge in [0.05, 0.1) is 16.9 Å². The van der Waals surface area contributed by atoms with Crippen LogP contribution in [0.3, 0.4) is 0 Å². The number of nitrogens with zero attached hydrogens (tertiary/aromatic N) is 3. The summed E-state index contributed by atoms with van der Waals surface area (Å²) in [5.74, 6) is 1.07. The van der Waals surface area contributed by atoms with Gasteiger partial charge in [0.25, 0.3) is 11.6 Å². The minimum Gasteiger partial charge on any atom is -0.455 e. The Morgan fingerprint density at radius 3 is 2.50 bits per heavy atom. The maximum Gasteiger partial charge on any atom is 0.271 e. The SMILES string of the molecule is O=C(N/N=C\c1ccc(-c2ccc([N+](=O)[O-])cc2)o1)c1ccc([C@H]2SCC(=O)N2Cc2ccccc2)cc1. The van der Waals surface area contributed by atoms with Crippen LogP contribution in [0.5, 0.6) is 0 Å². The molecule has 1 aliphatic rings. The number of hydrogen-bond acceptors (Lipinski definition) is 7. The van der Waals surface area contributed by atoms with Crippen LogP contribution < -0.4 is 5.43 Å². The zero-order valence-corrected chi connectivity index (χ0v) is 20.8. The van der Waals surface area contributed by atoms with E-state index in [1.54, 1.807) is 48.2 Å². The van der Waals surface area contributed by atoms with E-state index in [1.165, 1.54) is 18.3 Å². The van der Waals surface area contributed by atoms with Gasteiger partial charge in [0, 0.05) is 29.8 Å². The summed E-state index contributed by atoms with van der Waals surface area (Å²) in [6.45, 7) is 0.535. The molecule has 1 N–H and O–H groups in total. The zero-order chi connectivity index (χ0) is 26.5. The maximum absolute atomic E-state index is 12.6. The third-order valence-electron chi connectivity index (χ3n) is 5.97. The van der Waals surface area contributed by atoms with Gasteiger partial charge in [-0.15, -0.1) is 11.8 Å². The molecule has 1 aliphatic heterocycles. The van der Waals surface area contributed by atoms with Gasteiger partial charge in [0.2, 0.25) is 5.91 Å². The van der Waals surface area contributed by atoms with Crippen LogP contribution >= 0.6 is 11.8 Å². The van der Waals surface area contributed by atoms with Gasteiger partial charge in [-0.25, -0.2) is 5.43 Å². The standard InChI is InChI=1S/C28H22N4O5S/c33-26-18-38-28(31(26)17-19-4-2-1-3-5-19)22-8-6-21(7-9-22)27(34)30-29-16-24-14-15-25(37-24)20-10-12-23(13-11-20)32(35)36/h1-16,28H,17-18H2,(H,30,34)/b29-16-/t28-/m1/s1. The Kier molecular flexibility index (Phi) is 7.32. The Morgan fingerprint density at radius 2 is 1.79 bits per heavy atom. The minimum atomic E-state index is -0.463. The fraction of sp³-hybridized carbons (Fsp3) is 0.107. The first-order valence-electron chi connectivity index (χ1n) is 11.7. The first kappa shape index (κ1) is 25.0. The van der Waals surface area contributed by atoms with E-state index >= 15 is 0 Å². The molecule has 2 heterocycles. The monoisotopic (exact) mass is 526 g/mol. The predicted octanol–water partition coefficient (Wildman–Crippen LogP) is 5.39. The quantitative estimate of drug-likeness (QED) is 0.187. The fourth-order valence-corrected chi connectivity index (χ4v) is 5.21. The molecule has 38 heavy (non-hydrogen) atoms. The number of thioether (sulfide) groups is 1. The summed E-state index contributed by atoms with van der Waals surface area (Å²) in [7, 11) is 0. The van der Waals surface area contributed by atoms with Crippen molar-refractivity contribution < 1.29 is 18.9 Å². The van der Waals surface area contributed by atoms with Crippen molar-refractivity contribution in [2.75, 3.05) is 5.75 Å². The van der Waals surface area contributed by atoms with E-state index in [2.05, 4.69) is 10.5 Å². The molecule has 0 unspecified atom stereocenters. The molecule has 0 aliphatic carbocycles. The number of furan rings is 1. The number of non-ortho nitro benzene ring substituents is 1. The molecular weight excluding hydrogens is 504 g/mol. The highest BCUT2D eigenvalue weighted by atomic mass is 32.2. The van der Waals surface area contributed by atoms with Gasteiger partial charge in [-0.3, -0.25) is 19.7 Å². The van der Waals surface area contributed by atoms with Crippen molar-refractivity contribution in [3.63, 3.8) is 0 Å². The van der Waals surface area contributed by atoms with E-state index in [0.29, 0.717) is 34.9 Å². The molecule has 4 aromatic rings. The number of nitro groups is 1. The second-order valence-corrected chi connectivity index (χ2v) is 9.57. The molecule has 3 aromatic carbocycles. The average molecular weight is 527 g/mol. The van der Waals surface area contributed by atoms with Crippen LogP contribution in [0.4, 0.5) is 5.69 Å². The van der Waals surface area contributed by atoms with E-state index in [-0.39, 0.29) is 22.9 Å². The van der Waals surface area contributed by atoms with Crippen LogP contribution in [0.1, 0.15) is 32.6 Å². The van der Waals surface area contributed by atoms with Crippen molar-refractivity contribution in [2.45, 2.75) is 11.9 Å². The predicted molar refractivity (Wildman–Crippen MR) is 144 cm³/mol. The maximum atomic E-state index is 12.6. The summed E-state index contributed by atoms with van der Waals surface area (Å²) in [5.41, 5.74) is 5.61. The van der Waals surface area contributed by atoms with Gasteiger partial charge < -0.3 is 9.32 Å². The average Bonchev–Trinajstić information content (AvgIpc) is 3.56. The molecule has 2 amide bonds. The molecule has 9 nitrogen and oxygen atoms in total. The second kappa shape index (κ2) is 11.1. The minimum absolute atomic E-state index is 0.00201. The highest BCUT2D eigenvalue weighted by Crippen LogP contribution is 2.39. The van der Waals surface area contributed by atoms with E-state index in [1.807, 2.05) is 47.4 Å². The van der Waals surface area contributed by atoms with Gasteiger partial charge in [0.1, 0.15) is 16.9 Å². The zero-order valence-electron chi connectivity index (χ0n) is 20.0. The van der Waals surface area contributed by atoms with Crippen LogP contribution in [0.15, 0.2) is 101 Å². The Bertz CT molecular complexity index is 1480. The lowest BCUT2D eigenvalue weighted by Crippen LogP contribution is -2.27. The summed E-state index contributed by atoms with van der Waals surface area (Å²) < 4.78 is 5.69. The van der Waals surface area contributed by atoms with Crippen LogP contribution in [0.25, 0.3) is 11.3 Å². The van der Waals surface area contributed by atoms with Gasteiger partial charge >= 0.3 is 0 Å². The number of nitrogens with one attached hydrogen (secondary N) is 1. The summed E-state index contributed by atoms with van der Waals surface area (Å²) in [4.78, 5) is 37.2. The van der Waals surface area contributed by atoms with Crippen molar-refractivity contribution in [2.24, 2.45) is 5.10 Å². The molecule has 10 heteroatoms. The molecule has 0 saturated carbocycles. The van der Waals surface area contributed by atoms with Crippen molar-refractivity contribution >= 4 is 35.5 Å². The number of amides is 2. The molecule has 5 rings (SSSR count). The number of hydrogen-bond donors (Lipinski definition) is 1. The third kappa shape index (κ3) is 5.65. The van der Waals surface area contributed by atoms with Gasteiger partial charge in [-0.2, -0.15) is 5.10 Å². The van der Waals surface area contributed by atoms with E-state index in [0.717, 1.165) is 11.1 Å². The fourth-order valence-electron chi connectivity index (χ4n) is 4.02. The molecule has 1 atom stereocenters. The molecule has 0 bridgehead atoms. The molecule has 0 radical (unpaired) electrons. The van der Waals surface area contributed by atoms with Crippen LogP contribution in [-0.2, 0) is 11.3 Å². The Labute approximate surface area is 222 Å². The first-order chi connectivity index (χ1) is 18.5. The smallest absolute Gasteiger partial charge is 0.271 e. The largest absolute Gasteiger partial charge is 0.455 e. The third-order valence-corrected chi connectivity index (χ3v) is 7.23. The number of nitro benzene ring substituents is 1. The van der Waals surface area contributed by atoms with Gasteiger partial charge in [-0.1, -0.05) is 42.5 Å². The Balaban J connectivity index is 1.19. The topological polar surface area (TPSA) is 118 Å². The highest BCUT2D eigenvalue weighted by molar-refractivity contribution is 8.00. The first-order valence-corrected chi connectivity index (χ1v) is 12.8. The Morgan fingerprint density at radius 1 is 1.05 bits per heavy atom. The van der Waals surface area contributed by atoms with Crippen molar-refractivity contribution in [3.8, 4) is 11.3 Å². The molecule has 190 valence electrons. The van der Waals surface area contributed by atoms with Crippen molar-refractivity contribution in [1.29, 1.82) is 0 Å². The molecule has 1 saturated heterocycles.